The molecule has 0 saturated carbocycles. The first-order valence-electron chi connectivity index (χ1n) is 6.75. The molecule has 1 aromatic heterocycles. The molecule has 0 aliphatic carbocycles. The summed E-state index contributed by atoms with van der Waals surface area (Å²) in [6, 6.07) is 6.33. The number of methoxy groups -OCH3 is 1. The molecule has 0 unspecified atom stereocenters. The summed E-state index contributed by atoms with van der Waals surface area (Å²) in [6.07, 6.45) is -0.0150. The molecule has 2 aromatic rings. The monoisotopic (exact) mass is 301 g/mol. The lowest BCUT2D eigenvalue weighted by Gasteiger charge is -2.10. The van der Waals surface area contributed by atoms with Crippen LogP contribution in [0.25, 0.3) is 0 Å². The highest BCUT2D eigenvalue weighted by Gasteiger charge is 2.34. The Labute approximate surface area is 126 Å². The van der Waals surface area contributed by atoms with Crippen molar-refractivity contribution in [1.29, 1.82) is 0 Å². The second-order valence-corrected chi connectivity index (χ2v) is 4.92. The molecule has 8 heteroatoms. The van der Waals surface area contributed by atoms with Gasteiger partial charge in [0.15, 0.2) is 0 Å². The van der Waals surface area contributed by atoms with Crippen molar-refractivity contribution in [3.63, 3.8) is 0 Å². The van der Waals surface area contributed by atoms with Gasteiger partial charge < -0.3 is 10.1 Å². The van der Waals surface area contributed by atoms with Crippen LogP contribution >= 0.6 is 0 Å². The summed E-state index contributed by atoms with van der Waals surface area (Å²) in [7, 11) is 1.55. The van der Waals surface area contributed by atoms with Crippen molar-refractivity contribution in [3.8, 4) is 5.75 Å². The highest BCUT2D eigenvalue weighted by molar-refractivity contribution is 6.00. The Morgan fingerprint density at radius 3 is 3.09 bits per heavy atom. The zero-order valence-corrected chi connectivity index (χ0v) is 12.2. The van der Waals surface area contributed by atoms with E-state index < -0.39 is 6.04 Å². The number of anilines is 2. The Morgan fingerprint density at radius 2 is 2.32 bits per heavy atom. The quantitative estimate of drug-likeness (QED) is 0.881. The minimum absolute atomic E-state index is 0.0150. The third-order valence-electron chi connectivity index (χ3n) is 3.30. The summed E-state index contributed by atoms with van der Waals surface area (Å²) in [6.45, 7) is 1.73. The second-order valence-electron chi connectivity index (χ2n) is 4.92. The van der Waals surface area contributed by atoms with Crippen LogP contribution in [0, 0.1) is 6.92 Å². The number of hydrogen-bond acceptors (Lipinski definition) is 5. The van der Waals surface area contributed by atoms with Gasteiger partial charge in [-0.15, -0.1) is 0 Å². The van der Waals surface area contributed by atoms with Crippen molar-refractivity contribution in [1.82, 2.24) is 14.8 Å². The topological polar surface area (TPSA) is 98.1 Å². The fourth-order valence-corrected chi connectivity index (χ4v) is 2.30. The molecule has 22 heavy (non-hydrogen) atoms. The number of fused-ring (bicyclic) bond motifs is 1. The van der Waals surface area contributed by atoms with Crippen molar-refractivity contribution in [2.24, 2.45) is 0 Å². The lowest BCUT2D eigenvalue weighted by Crippen LogP contribution is -2.23. The summed E-state index contributed by atoms with van der Waals surface area (Å²) in [5.74, 6) is 1.01. The van der Waals surface area contributed by atoms with E-state index in [2.05, 4.69) is 20.7 Å². The van der Waals surface area contributed by atoms with Crippen LogP contribution in [0.3, 0.4) is 0 Å². The number of rotatable bonds is 4. The summed E-state index contributed by atoms with van der Waals surface area (Å²) in [5.41, 5.74) is 0.609. The lowest BCUT2D eigenvalue weighted by atomic mass is 10.2. The SMILES string of the molecule is COc1cccc(NC(=O)C[C@H]2C(=O)Nc3nc(C)nn32)c1. The number of aromatic nitrogens is 3. The number of hydrogen-bond donors (Lipinski definition) is 2. The maximum Gasteiger partial charge on any atom is 0.252 e. The Bertz CT molecular complexity index is 740. The smallest absolute Gasteiger partial charge is 0.252 e. The Kier molecular flexibility index (Phi) is 3.50. The molecule has 1 aliphatic heterocycles. The fraction of sp³-hybridized carbons (Fsp3) is 0.286. The number of aryl methyl sites for hydroxylation is 1. The van der Waals surface area contributed by atoms with E-state index in [1.54, 1.807) is 38.3 Å². The van der Waals surface area contributed by atoms with Crippen LogP contribution in [0.5, 0.6) is 5.75 Å². The zero-order valence-electron chi connectivity index (χ0n) is 12.2. The molecule has 0 bridgehead atoms. The third kappa shape index (κ3) is 2.62. The predicted molar refractivity (Wildman–Crippen MR) is 78.7 cm³/mol. The van der Waals surface area contributed by atoms with Gasteiger partial charge in [0.2, 0.25) is 11.9 Å². The first-order valence-corrected chi connectivity index (χ1v) is 6.75. The number of carbonyl (C=O) groups is 2. The van der Waals surface area contributed by atoms with Gasteiger partial charge in [-0.3, -0.25) is 14.9 Å². The highest BCUT2D eigenvalue weighted by atomic mass is 16.5. The highest BCUT2D eigenvalue weighted by Crippen LogP contribution is 2.25. The van der Waals surface area contributed by atoms with Crippen LogP contribution in [0.2, 0.25) is 0 Å². The van der Waals surface area contributed by atoms with E-state index in [-0.39, 0.29) is 18.2 Å². The molecule has 8 nitrogen and oxygen atoms in total. The molecule has 0 radical (unpaired) electrons. The molecule has 0 fully saturated rings. The number of amides is 2. The zero-order chi connectivity index (χ0) is 15.7. The molecule has 2 heterocycles. The number of ether oxygens (including phenoxy) is 1. The molecule has 1 aliphatic rings. The largest absolute Gasteiger partial charge is 0.497 e. The van der Waals surface area contributed by atoms with Gasteiger partial charge in [0.05, 0.1) is 13.5 Å². The lowest BCUT2D eigenvalue weighted by molar-refractivity contribution is -0.123. The van der Waals surface area contributed by atoms with Crippen molar-refractivity contribution in [3.05, 3.63) is 30.1 Å². The van der Waals surface area contributed by atoms with E-state index in [1.807, 2.05) is 0 Å². The van der Waals surface area contributed by atoms with Crippen molar-refractivity contribution >= 4 is 23.5 Å². The summed E-state index contributed by atoms with van der Waals surface area (Å²) in [5, 5.41) is 9.48. The van der Waals surface area contributed by atoms with Crippen molar-refractivity contribution in [2.75, 3.05) is 17.7 Å². The molecule has 1 atom stereocenters. The van der Waals surface area contributed by atoms with Crippen LogP contribution < -0.4 is 15.4 Å². The standard InChI is InChI=1S/C14H15N5O3/c1-8-15-14-17-13(21)11(19(14)18-8)7-12(20)16-9-4-3-5-10(6-9)22-2/h3-6,11H,7H2,1-2H3,(H,16,20)(H,15,17,18,21)/t11-/m0/s1. The van der Waals surface area contributed by atoms with Gasteiger partial charge >= 0.3 is 0 Å². The molecule has 114 valence electrons. The maximum absolute atomic E-state index is 12.1. The summed E-state index contributed by atoms with van der Waals surface area (Å²) in [4.78, 5) is 28.1. The number of carbonyl (C=O) groups excluding carboxylic acids is 2. The molecule has 2 N–H and O–H groups in total. The second kappa shape index (κ2) is 5.47. The Balaban J connectivity index is 1.70. The number of nitrogens with one attached hydrogen (secondary N) is 2. The van der Waals surface area contributed by atoms with E-state index >= 15 is 0 Å². The fourth-order valence-electron chi connectivity index (χ4n) is 2.30. The third-order valence-corrected chi connectivity index (χ3v) is 3.30. The maximum atomic E-state index is 12.1. The minimum atomic E-state index is -0.679. The predicted octanol–water partition coefficient (Wildman–Crippen LogP) is 1.12. The van der Waals surface area contributed by atoms with Crippen molar-refractivity contribution < 1.29 is 14.3 Å². The average Bonchev–Trinajstić information content (AvgIpc) is 2.96. The van der Waals surface area contributed by atoms with Crippen LogP contribution in [0.1, 0.15) is 18.3 Å². The average molecular weight is 301 g/mol. The van der Waals surface area contributed by atoms with Crippen LogP contribution in [-0.4, -0.2) is 33.7 Å². The van der Waals surface area contributed by atoms with E-state index in [4.69, 9.17) is 4.74 Å². The van der Waals surface area contributed by atoms with Gasteiger partial charge in [0.25, 0.3) is 5.91 Å². The van der Waals surface area contributed by atoms with Gasteiger partial charge in [-0.2, -0.15) is 10.1 Å². The van der Waals surface area contributed by atoms with Crippen LogP contribution in [-0.2, 0) is 9.59 Å². The number of nitrogens with zero attached hydrogens (tertiary/aromatic N) is 3. The molecular weight excluding hydrogens is 286 g/mol. The van der Waals surface area contributed by atoms with E-state index in [0.717, 1.165) is 0 Å². The van der Waals surface area contributed by atoms with E-state index in [1.165, 1.54) is 4.68 Å². The van der Waals surface area contributed by atoms with Crippen molar-refractivity contribution in [2.45, 2.75) is 19.4 Å². The van der Waals surface area contributed by atoms with E-state index in [0.29, 0.717) is 23.2 Å². The van der Waals surface area contributed by atoms with Crippen LogP contribution in [0.15, 0.2) is 24.3 Å². The normalized spacial score (nSPS) is 16.1. The van der Waals surface area contributed by atoms with Gasteiger partial charge in [0.1, 0.15) is 17.6 Å². The Hall–Kier alpha value is -2.90. The molecule has 0 spiro atoms. The van der Waals surface area contributed by atoms with Gasteiger partial charge in [-0.25, -0.2) is 4.68 Å². The molecule has 0 saturated heterocycles. The summed E-state index contributed by atoms with van der Waals surface area (Å²) >= 11 is 0. The number of benzene rings is 1. The molecule has 2 amide bonds. The molecule has 1 aromatic carbocycles. The Morgan fingerprint density at radius 1 is 1.50 bits per heavy atom. The minimum Gasteiger partial charge on any atom is -0.497 e. The molecule has 3 rings (SSSR count). The van der Waals surface area contributed by atoms with Gasteiger partial charge in [-0.05, 0) is 19.1 Å². The first kappa shape index (κ1) is 14.1. The summed E-state index contributed by atoms with van der Waals surface area (Å²) < 4.78 is 6.55. The van der Waals surface area contributed by atoms with E-state index in [9.17, 15) is 9.59 Å². The first-order chi connectivity index (χ1) is 10.6. The van der Waals surface area contributed by atoms with Gasteiger partial charge in [0, 0.05) is 11.8 Å². The van der Waals surface area contributed by atoms with Crippen LogP contribution in [0.4, 0.5) is 11.6 Å². The van der Waals surface area contributed by atoms with Gasteiger partial charge in [-0.1, -0.05) is 6.07 Å². The molecular formula is C14H15N5O3.